The van der Waals surface area contributed by atoms with E-state index < -0.39 is 0 Å². The summed E-state index contributed by atoms with van der Waals surface area (Å²) in [6.07, 6.45) is 3.84. The lowest BCUT2D eigenvalue weighted by Gasteiger charge is -1.99. The van der Waals surface area contributed by atoms with Crippen molar-refractivity contribution < 1.29 is 0 Å². The molecule has 2 rings (SSSR count). The van der Waals surface area contributed by atoms with Crippen LogP contribution in [-0.4, -0.2) is 15.0 Å². The van der Waals surface area contributed by atoms with Gasteiger partial charge in [0.25, 0.3) is 0 Å². The first-order valence-corrected chi connectivity index (χ1v) is 5.79. The summed E-state index contributed by atoms with van der Waals surface area (Å²) in [5.41, 5.74) is 2.26. The largest absolute Gasteiger partial charge is 0.253 e. The Labute approximate surface area is 100 Å². The highest BCUT2D eigenvalue weighted by Crippen LogP contribution is 2.12. The molecule has 84 valence electrons. The van der Waals surface area contributed by atoms with E-state index in [0.29, 0.717) is 0 Å². The Morgan fingerprint density at radius 2 is 2.19 bits per heavy atom. The number of halogens is 1. The van der Waals surface area contributed by atoms with Crippen LogP contribution in [-0.2, 0) is 19.4 Å². The molecule has 2 aromatic rings. The Morgan fingerprint density at radius 3 is 2.88 bits per heavy atom. The van der Waals surface area contributed by atoms with Crippen LogP contribution in [0.25, 0.3) is 0 Å². The molecule has 0 fully saturated rings. The van der Waals surface area contributed by atoms with E-state index in [4.69, 9.17) is 11.6 Å². The lowest BCUT2D eigenvalue weighted by molar-refractivity contribution is 0.626. The van der Waals surface area contributed by atoms with Gasteiger partial charge < -0.3 is 0 Å². The number of aryl methyl sites for hydroxylation is 3. The lowest BCUT2D eigenvalue weighted by Crippen LogP contribution is -1.93. The molecule has 1 aromatic carbocycles. The average molecular weight is 236 g/mol. The monoisotopic (exact) mass is 235 g/mol. The van der Waals surface area contributed by atoms with Crippen molar-refractivity contribution in [3.05, 3.63) is 46.7 Å². The van der Waals surface area contributed by atoms with Gasteiger partial charge in [-0.3, -0.25) is 4.68 Å². The van der Waals surface area contributed by atoms with Crippen molar-refractivity contribution >= 4 is 11.6 Å². The molecule has 0 unspecified atom stereocenters. The molecule has 0 N–H and O–H groups in total. The third kappa shape index (κ3) is 2.83. The fraction of sp³-hybridized carbons (Fsp3) is 0.333. The van der Waals surface area contributed by atoms with Crippen molar-refractivity contribution in [3.8, 4) is 0 Å². The smallest absolute Gasteiger partial charge is 0.0830 e. The van der Waals surface area contributed by atoms with E-state index in [-0.39, 0.29) is 0 Å². The van der Waals surface area contributed by atoms with Crippen LogP contribution in [0.4, 0.5) is 0 Å². The molecule has 0 atom stereocenters. The molecule has 0 aliphatic rings. The van der Waals surface area contributed by atoms with Gasteiger partial charge in [-0.25, -0.2) is 0 Å². The third-order valence-electron chi connectivity index (χ3n) is 2.47. The second-order valence-corrected chi connectivity index (χ2v) is 4.13. The summed E-state index contributed by atoms with van der Waals surface area (Å²) in [4.78, 5) is 0. The maximum Gasteiger partial charge on any atom is 0.0830 e. The summed E-state index contributed by atoms with van der Waals surface area (Å²) in [5.74, 6) is 0. The Morgan fingerprint density at radius 1 is 1.31 bits per heavy atom. The summed E-state index contributed by atoms with van der Waals surface area (Å²) in [7, 11) is 0. The third-order valence-corrected chi connectivity index (χ3v) is 2.70. The van der Waals surface area contributed by atoms with Crippen LogP contribution in [0, 0.1) is 0 Å². The van der Waals surface area contributed by atoms with Crippen molar-refractivity contribution in [2.24, 2.45) is 0 Å². The van der Waals surface area contributed by atoms with Crippen molar-refractivity contribution in [3.63, 3.8) is 0 Å². The van der Waals surface area contributed by atoms with Gasteiger partial charge in [-0.2, -0.15) is 0 Å². The molecular formula is C12H14ClN3. The van der Waals surface area contributed by atoms with E-state index in [1.54, 1.807) is 0 Å². The van der Waals surface area contributed by atoms with E-state index in [9.17, 15) is 0 Å². The Bertz CT molecular complexity index is 465. The fourth-order valence-electron chi connectivity index (χ4n) is 1.57. The highest BCUT2D eigenvalue weighted by Gasteiger charge is 2.00. The molecule has 0 bridgehead atoms. The number of hydrogen-bond donors (Lipinski definition) is 0. The number of benzene rings is 1. The number of aromatic nitrogens is 3. The minimum absolute atomic E-state index is 0.787. The van der Waals surface area contributed by atoms with Gasteiger partial charge in [0.1, 0.15) is 0 Å². The van der Waals surface area contributed by atoms with Crippen molar-refractivity contribution in [2.45, 2.75) is 26.3 Å². The number of rotatable bonds is 4. The molecule has 0 spiro atoms. The zero-order valence-corrected chi connectivity index (χ0v) is 9.98. The van der Waals surface area contributed by atoms with Crippen LogP contribution in [0.3, 0.4) is 0 Å². The van der Waals surface area contributed by atoms with Gasteiger partial charge in [-0.05, 0) is 37.5 Å². The van der Waals surface area contributed by atoms with Gasteiger partial charge in [0.05, 0.1) is 5.69 Å². The maximum atomic E-state index is 5.92. The molecule has 0 saturated heterocycles. The first kappa shape index (κ1) is 11.1. The topological polar surface area (TPSA) is 30.7 Å². The van der Waals surface area contributed by atoms with Crippen molar-refractivity contribution in [1.82, 2.24) is 15.0 Å². The molecule has 0 aliphatic carbocycles. The van der Waals surface area contributed by atoms with Gasteiger partial charge in [0.15, 0.2) is 0 Å². The van der Waals surface area contributed by atoms with E-state index in [1.807, 2.05) is 29.1 Å². The first-order chi connectivity index (χ1) is 7.78. The quantitative estimate of drug-likeness (QED) is 0.816. The average Bonchev–Trinajstić information content (AvgIpc) is 2.74. The van der Waals surface area contributed by atoms with Gasteiger partial charge in [-0.1, -0.05) is 28.9 Å². The molecule has 0 radical (unpaired) electrons. The fourth-order valence-corrected chi connectivity index (χ4v) is 1.79. The van der Waals surface area contributed by atoms with E-state index in [0.717, 1.165) is 30.1 Å². The highest BCUT2D eigenvalue weighted by molar-refractivity contribution is 6.30. The second kappa shape index (κ2) is 5.12. The second-order valence-electron chi connectivity index (χ2n) is 3.70. The Kier molecular flexibility index (Phi) is 3.57. The van der Waals surface area contributed by atoms with Gasteiger partial charge >= 0.3 is 0 Å². The SMILES string of the molecule is CCn1cc(CCc2cccc(Cl)c2)nn1. The highest BCUT2D eigenvalue weighted by atomic mass is 35.5. The van der Waals surface area contributed by atoms with Gasteiger partial charge in [0.2, 0.25) is 0 Å². The van der Waals surface area contributed by atoms with Crippen LogP contribution in [0.2, 0.25) is 5.02 Å². The molecule has 3 nitrogen and oxygen atoms in total. The predicted molar refractivity (Wildman–Crippen MR) is 64.6 cm³/mol. The number of nitrogens with zero attached hydrogens (tertiary/aromatic N) is 3. The summed E-state index contributed by atoms with van der Waals surface area (Å²) in [6.45, 7) is 2.92. The van der Waals surface area contributed by atoms with Gasteiger partial charge in [0, 0.05) is 17.8 Å². The Hall–Kier alpha value is -1.35. The normalized spacial score (nSPS) is 10.6. The minimum Gasteiger partial charge on any atom is -0.253 e. The Balaban J connectivity index is 1.96. The van der Waals surface area contributed by atoms with E-state index in [1.165, 1.54) is 5.56 Å². The van der Waals surface area contributed by atoms with E-state index >= 15 is 0 Å². The molecule has 0 saturated carbocycles. The zero-order valence-electron chi connectivity index (χ0n) is 9.23. The molecular weight excluding hydrogens is 222 g/mol. The van der Waals surface area contributed by atoms with Gasteiger partial charge in [-0.15, -0.1) is 5.10 Å². The number of hydrogen-bond acceptors (Lipinski definition) is 2. The summed E-state index contributed by atoms with van der Waals surface area (Å²) >= 11 is 5.92. The van der Waals surface area contributed by atoms with Crippen molar-refractivity contribution in [2.75, 3.05) is 0 Å². The lowest BCUT2D eigenvalue weighted by atomic mass is 10.1. The molecule has 4 heteroatoms. The van der Waals surface area contributed by atoms with Crippen LogP contribution >= 0.6 is 11.6 Å². The van der Waals surface area contributed by atoms with Crippen molar-refractivity contribution in [1.29, 1.82) is 0 Å². The minimum atomic E-state index is 0.787. The maximum absolute atomic E-state index is 5.92. The van der Waals surface area contributed by atoms with Crippen LogP contribution in [0.5, 0.6) is 0 Å². The molecule has 0 amide bonds. The van der Waals surface area contributed by atoms with Crippen LogP contribution in [0.1, 0.15) is 18.2 Å². The molecule has 0 aliphatic heterocycles. The first-order valence-electron chi connectivity index (χ1n) is 5.41. The van der Waals surface area contributed by atoms with Crippen LogP contribution in [0.15, 0.2) is 30.5 Å². The van der Waals surface area contributed by atoms with E-state index in [2.05, 4.69) is 23.3 Å². The predicted octanol–water partition coefficient (Wildman–Crippen LogP) is 2.74. The zero-order chi connectivity index (χ0) is 11.4. The molecule has 1 heterocycles. The molecule has 1 aromatic heterocycles. The molecule has 16 heavy (non-hydrogen) atoms. The summed E-state index contributed by atoms with van der Waals surface area (Å²) in [5, 5.41) is 8.90. The standard InChI is InChI=1S/C12H14ClN3/c1-2-16-9-12(14-15-16)7-6-10-4-3-5-11(13)8-10/h3-5,8-9H,2,6-7H2,1H3. The summed E-state index contributed by atoms with van der Waals surface area (Å²) < 4.78 is 1.84. The van der Waals surface area contributed by atoms with Crippen LogP contribution < -0.4 is 0 Å². The summed E-state index contributed by atoms with van der Waals surface area (Å²) in [6, 6.07) is 7.93.